The lowest BCUT2D eigenvalue weighted by molar-refractivity contribution is 0.0954. The summed E-state index contributed by atoms with van der Waals surface area (Å²) in [4.78, 5) is 20.9. The van der Waals surface area contributed by atoms with E-state index in [0.717, 1.165) is 17.7 Å². The van der Waals surface area contributed by atoms with Gasteiger partial charge in [-0.2, -0.15) is 5.10 Å². The summed E-state index contributed by atoms with van der Waals surface area (Å²) in [5, 5.41) is 13.4. The van der Waals surface area contributed by atoms with Crippen LogP contribution < -0.4 is 10.6 Å². The minimum absolute atomic E-state index is 0.0887. The molecule has 0 atom stereocenters. The maximum atomic E-state index is 12.4. The number of anilines is 1. The second-order valence-corrected chi connectivity index (χ2v) is 6.77. The molecule has 7 heteroatoms. The van der Waals surface area contributed by atoms with Gasteiger partial charge in [-0.15, -0.1) is 0 Å². The van der Waals surface area contributed by atoms with Crippen LogP contribution >= 0.6 is 0 Å². The predicted molar refractivity (Wildman–Crippen MR) is 116 cm³/mol. The number of carbonyl (C=O) groups is 1. The lowest BCUT2D eigenvalue weighted by Gasteiger charge is -2.08. The van der Waals surface area contributed by atoms with E-state index in [-0.39, 0.29) is 5.91 Å². The molecule has 150 valence electrons. The quantitative estimate of drug-likeness (QED) is 0.422. The minimum Gasteiger partial charge on any atom is -0.378 e. The molecule has 30 heavy (non-hydrogen) atoms. The average Bonchev–Trinajstić information content (AvgIpc) is 3.28. The Balaban J connectivity index is 1.31. The number of hydrogen-bond donors (Lipinski definition) is 3. The van der Waals surface area contributed by atoms with Gasteiger partial charge in [0.2, 0.25) is 0 Å². The van der Waals surface area contributed by atoms with E-state index in [9.17, 15) is 4.79 Å². The number of benzene rings is 2. The molecule has 4 rings (SSSR count). The van der Waals surface area contributed by atoms with Crippen LogP contribution in [0.2, 0.25) is 0 Å². The summed E-state index contributed by atoms with van der Waals surface area (Å²) >= 11 is 0. The zero-order chi connectivity index (χ0) is 20.6. The molecule has 0 aliphatic carbocycles. The van der Waals surface area contributed by atoms with Gasteiger partial charge in [0, 0.05) is 35.8 Å². The molecule has 2 heterocycles. The second kappa shape index (κ2) is 9.47. The van der Waals surface area contributed by atoms with Crippen molar-refractivity contribution in [2.45, 2.75) is 13.0 Å². The number of pyridine rings is 1. The summed E-state index contributed by atoms with van der Waals surface area (Å²) < 4.78 is 0. The molecule has 0 fully saturated rings. The zero-order valence-electron chi connectivity index (χ0n) is 16.4. The van der Waals surface area contributed by atoms with Crippen LogP contribution in [0, 0.1) is 0 Å². The number of H-pyrrole nitrogens is 1. The number of amides is 1. The fourth-order valence-electron chi connectivity index (χ4n) is 3.03. The Bertz CT molecular complexity index is 1090. The molecule has 2 aromatic heterocycles. The number of nitrogens with zero attached hydrogens (tertiary/aromatic N) is 3. The maximum Gasteiger partial charge on any atom is 0.251 e. The normalized spacial score (nSPS) is 10.5. The van der Waals surface area contributed by atoms with Crippen molar-refractivity contribution in [1.82, 2.24) is 25.5 Å². The van der Waals surface area contributed by atoms with Crippen molar-refractivity contribution in [3.8, 4) is 11.4 Å². The van der Waals surface area contributed by atoms with Crippen LogP contribution in [0.3, 0.4) is 0 Å². The molecule has 0 spiro atoms. The summed E-state index contributed by atoms with van der Waals surface area (Å²) in [6, 6.07) is 21.2. The van der Waals surface area contributed by atoms with Crippen molar-refractivity contribution in [2.24, 2.45) is 0 Å². The third-order valence-electron chi connectivity index (χ3n) is 4.60. The number of hydrogen-bond acceptors (Lipinski definition) is 5. The Morgan fingerprint density at radius 2 is 1.80 bits per heavy atom. The van der Waals surface area contributed by atoms with Crippen LogP contribution in [-0.2, 0) is 13.0 Å². The summed E-state index contributed by atoms with van der Waals surface area (Å²) in [5.41, 5.74) is 3.56. The molecular weight excluding hydrogens is 376 g/mol. The van der Waals surface area contributed by atoms with E-state index in [1.807, 2.05) is 48.5 Å². The van der Waals surface area contributed by atoms with Gasteiger partial charge in [0.05, 0.1) is 6.54 Å². The second-order valence-electron chi connectivity index (χ2n) is 6.77. The molecule has 0 radical (unpaired) electrons. The van der Waals surface area contributed by atoms with Gasteiger partial charge in [-0.25, -0.2) is 4.98 Å². The molecule has 0 saturated carbocycles. The van der Waals surface area contributed by atoms with E-state index >= 15 is 0 Å². The molecule has 4 aromatic rings. The van der Waals surface area contributed by atoms with Crippen molar-refractivity contribution in [1.29, 1.82) is 0 Å². The summed E-state index contributed by atoms with van der Waals surface area (Å²) in [7, 11) is 0. The Morgan fingerprint density at radius 3 is 2.63 bits per heavy atom. The van der Waals surface area contributed by atoms with Crippen LogP contribution in [0.5, 0.6) is 0 Å². The first-order valence-corrected chi connectivity index (χ1v) is 9.76. The largest absolute Gasteiger partial charge is 0.378 e. The van der Waals surface area contributed by atoms with Crippen LogP contribution in [-0.4, -0.2) is 32.6 Å². The van der Waals surface area contributed by atoms with E-state index in [1.54, 1.807) is 18.5 Å². The third-order valence-corrected chi connectivity index (χ3v) is 4.60. The molecule has 7 nitrogen and oxygen atoms in total. The van der Waals surface area contributed by atoms with E-state index in [2.05, 4.69) is 42.9 Å². The number of rotatable bonds is 8. The van der Waals surface area contributed by atoms with Crippen molar-refractivity contribution >= 4 is 11.6 Å². The van der Waals surface area contributed by atoms with Crippen LogP contribution in [0.15, 0.2) is 79.1 Å². The topological polar surface area (TPSA) is 95.6 Å². The van der Waals surface area contributed by atoms with E-state index in [1.165, 1.54) is 5.56 Å². The standard InChI is InChI=1S/C23H22N6O/c30-23(25-14-9-17-5-2-1-3-6-17)19-7-4-8-20(15-19)26-16-21-27-22(29-28-21)18-10-12-24-13-11-18/h1-8,10-13,15,26H,9,14,16H2,(H,25,30)(H,27,28,29). The lowest BCUT2D eigenvalue weighted by Crippen LogP contribution is -2.25. The van der Waals surface area contributed by atoms with E-state index in [4.69, 9.17) is 0 Å². The smallest absolute Gasteiger partial charge is 0.251 e. The number of aromatic nitrogens is 4. The van der Waals surface area contributed by atoms with E-state index < -0.39 is 0 Å². The molecule has 0 unspecified atom stereocenters. The highest BCUT2D eigenvalue weighted by atomic mass is 16.1. The van der Waals surface area contributed by atoms with Crippen LogP contribution in [0.25, 0.3) is 11.4 Å². The Morgan fingerprint density at radius 1 is 0.967 bits per heavy atom. The fraction of sp³-hybridized carbons (Fsp3) is 0.130. The Hall–Kier alpha value is -4.00. The molecule has 1 amide bonds. The van der Waals surface area contributed by atoms with Crippen molar-refractivity contribution < 1.29 is 4.79 Å². The number of aromatic amines is 1. The molecule has 0 aliphatic rings. The third kappa shape index (κ3) is 5.08. The summed E-state index contributed by atoms with van der Waals surface area (Å²) in [6.45, 7) is 1.06. The fourth-order valence-corrected chi connectivity index (χ4v) is 3.03. The molecule has 0 aliphatic heterocycles. The molecular formula is C23H22N6O. The molecule has 0 saturated heterocycles. The van der Waals surface area contributed by atoms with Gasteiger partial charge in [-0.05, 0) is 42.3 Å². The highest BCUT2D eigenvalue weighted by Crippen LogP contribution is 2.14. The average molecular weight is 398 g/mol. The van der Waals surface area contributed by atoms with Gasteiger partial charge in [-0.3, -0.25) is 14.9 Å². The van der Waals surface area contributed by atoms with Crippen molar-refractivity contribution in [2.75, 3.05) is 11.9 Å². The monoisotopic (exact) mass is 398 g/mol. The maximum absolute atomic E-state index is 12.4. The van der Waals surface area contributed by atoms with Crippen LogP contribution in [0.1, 0.15) is 21.7 Å². The predicted octanol–water partition coefficient (Wildman–Crippen LogP) is 3.45. The first-order valence-electron chi connectivity index (χ1n) is 9.76. The Labute approximate surface area is 174 Å². The highest BCUT2D eigenvalue weighted by Gasteiger charge is 2.08. The van der Waals surface area contributed by atoms with Gasteiger partial charge in [0.1, 0.15) is 5.82 Å². The van der Waals surface area contributed by atoms with Crippen LogP contribution in [0.4, 0.5) is 5.69 Å². The lowest BCUT2D eigenvalue weighted by atomic mass is 10.1. The first-order chi connectivity index (χ1) is 14.8. The van der Waals surface area contributed by atoms with Crippen molar-refractivity contribution in [3.05, 3.63) is 96.1 Å². The Kier molecular flexibility index (Phi) is 6.10. The molecule has 3 N–H and O–H groups in total. The van der Waals surface area contributed by atoms with Gasteiger partial charge in [-0.1, -0.05) is 36.4 Å². The SMILES string of the molecule is O=C(NCCc1ccccc1)c1cccc(NCc2nc(-c3ccncc3)n[nH]2)c1. The van der Waals surface area contributed by atoms with Gasteiger partial charge in [0.15, 0.2) is 5.82 Å². The molecule has 0 bridgehead atoms. The minimum atomic E-state index is -0.0887. The first kappa shape index (κ1) is 19.3. The summed E-state index contributed by atoms with van der Waals surface area (Å²) in [6.07, 6.45) is 4.22. The number of carbonyl (C=O) groups excluding carboxylic acids is 1. The van der Waals surface area contributed by atoms with E-state index in [0.29, 0.717) is 30.3 Å². The zero-order valence-corrected chi connectivity index (χ0v) is 16.4. The van der Waals surface area contributed by atoms with Gasteiger partial charge >= 0.3 is 0 Å². The number of nitrogens with one attached hydrogen (secondary N) is 3. The van der Waals surface area contributed by atoms with Crippen molar-refractivity contribution in [3.63, 3.8) is 0 Å². The van der Waals surface area contributed by atoms with Gasteiger partial charge in [0.25, 0.3) is 5.91 Å². The van der Waals surface area contributed by atoms with Gasteiger partial charge < -0.3 is 10.6 Å². The summed E-state index contributed by atoms with van der Waals surface area (Å²) in [5.74, 6) is 1.24. The highest BCUT2D eigenvalue weighted by molar-refractivity contribution is 5.95. The molecule has 2 aromatic carbocycles.